The number of nitrogens with zero attached hydrogens (tertiary/aromatic N) is 2. The average Bonchev–Trinajstić information content (AvgIpc) is 2.28. The van der Waals surface area contributed by atoms with Gasteiger partial charge >= 0.3 is 0 Å². The molecule has 0 spiro atoms. The number of pyridine rings is 1. The fourth-order valence-electron chi connectivity index (χ4n) is 1.45. The molecule has 6 heteroatoms. The summed E-state index contributed by atoms with van der Waals surface area (Å²) in [6.45, 7) is 4.40. The fourth-order valence-corrected chi connectivity index (χ4v) is 1.56. The third-order valence-corrected chi connectivity index (χ3v) is 2.57. The fraction of sp³-hybridized carbons (Fsp3) is 0.364. The van der Waals surface area contributed by atoms with E-state index in [0.717, 1.165) is 11.8 Å². The molecule has 1 atom stereocenters. The lowest BCUT2D eigenvalue weighted by Gasteiger charge is -2.14. The van der Waals surface area contributed by atoms with Gasteiger partial charge in [0.2, 0.25) is 0 Å². The molecular formula is C11H14ClN3O2. The number of halogens is 1. The minimum absolute atomic E-state index is 0.120. The lowest BCUT2D eigenvalue weighted by Crippen LogP contribution is -2.18. The van der Waals surface area contributed by atoms with Gasteiger partial charge in [0.05, 0.1) is 10.6 Å². The highest BCUT2D eigenvalue weighted by atomic mass is 35.5. The van der Waals surface area contributed by atoms with Crippen LogP contribution in [0.4, 0.5) is 0 Å². The normalized spacial score (nSPS) is 13.2. The zero-order chi connectivity index (χ0) is 12.8. The van der Waals surface area contributed by atoms with Gasteiger partial charge in [0.25, 0.3) is 6.20 Å². The molecule has 5 nitrogen and oxygen atoms in total. The second kappa shape index (κ2) is 6.20. The summed E-state index contributed by atoms with van der Waals surface area (Å²) in [6.07, 6.45) is 2.61. The van der Waals surface area contributed by atoms with Crippen molar-refractivity contribution in [1.82, 2.24) is 10.3 Å². The van der Waals surface area contributed by atoms with Gasteiger partial charge in [-0.1, -0.05) is 24.6 Å². The first-order valence-electron chi connectivity index (χ1n) is 5.25. The van der Waals surface area contributed by atoms with E-state index in [1.165, 1.54) is 0 Å². The number of rotatable bonds is 5. The van der Waals surface area contributed by atoms with Crippen LogP contribution in [-0.4, -0.2) is 16.5 Å². The molecule has 0 radical (unpaired) electrons. The largest absolute Gasteiger partial charge is 0.383 e. The summed E-state index contributed by atoms with van der Waals surface area (Å²) >= 11 is 5.69. The number of nitrogens with one attached hydrogen (secondary N) is 1. The summed E-state index contributed by atoms with van der Waals surface area (Å²) in [4.78, 5) is 14.0. The molecule has 0 aliphatic heterocycles. The number of hydrogen-bond acceptors (Lipinski definition) is 4. The van der Waals surface area contributed by atoms with E-state index in [9.17, 15) is 10.1 Å². The van der Waals surface area contributed by atoms with E-state index in [4.69, 9.17) is 11.6 Å². The van der Waals surface area contributed by atoms with Crippen LogP contribution < -0.4 is 5.32 Å². The first kappa shape index (κ1) is 13.4. The van der Waals surface area contributed by atoms with Gasteiger partial charge in [-0.3, -0.25) is 10.1 Å². The van der Waals surface area contributed by atoms with Crippen molar-refractivity contribution in [3.8, 4) is 0 Å². The van der Waals surface area contributed by atoms with Crippen LogP contribution in [-0.2, 0) is 0 Å². The second-order valence-corrected chi connectivity index (χ2v) is 3.92. The van der Waals surface area contributed by atoms with Crippen molar-refractivity contribution in [2.75, 3.05) is 6.54 Å². The van der Waals surface area contributed by atoms with Crippen molar-refractivity contribution in [2.45, 2.75) is 19.8 Å². The summed E-state index contributed by atoms with van der Waals surface area (Å²) < 4.78 is 0. The Morgan fingerprint density at radius 2 is 2.41 bits per heavy atom. The highest BCUT2D eigenvalue weighted by Gasteiger charge is 2.14. The maximum absolute atomic E-state index is 10.5. The van der Waals surface area contributed by atoms with E-state index in [1.54, 1.807) is 12.3 Å². The molecule has 0 fully saturated rings. The monoisotopic (exact) mass is 255 g/mol. The number of hydrogen-bond donors (Lipinski definition) is 1. The molecular weight excluding hydrogens is 242 g/mol. The highest BCUT2D eigenvalue weighted by molar-refractivity contribution is 6.29. The molecule has 1 unspecified atom stereocenters. The molecule has 0 amide bonds. The van der Waals surface area contributed by atoms with Crippen molar-refractivity contribution in [3.05, 3.63) is 51.1 Å². The summed E-state index contributed by atoms with van der Waals surface area (Å²) in [5.74, 6) is -0.120. The zero-order valence-corrected chi connectivity index (χ0v) is 10.4. The van der Waals surface area contributed by atoms with Gasteiger partial charge in [0.1, 0.15) is 5.15 Å². The van der Waals surface area contributed by atoms with Gasteiger partial charge in [-0.05, 0) is 18.6 Å². The summed E-state index contributed by atoms with van der Waals surface area (Å²) in [5.41, 5.74) is 1.44. The second-order valence-electron chi connectivity index (χ2n) is 3.54. The summed E-state index contributed by atoms with van der Waals surface area (Å²) in [5, 5.41) is 13.9. The van der Waals surface area contributed by atoms with Crippen LogP contribution in [0.2, 0.25) is 5.15 Å². The zero-order valence-electron chi connectivity index (χ0n) is 9.68. The van der Waals surface area contributed by atoms with Crippen LogP contribution in [0.3, 0.4) is 0 Å². The van der Waals surface area contributed by atoms with Gasteiger partial charge in [0.15, 0.2) is 0 Å². The minimum atomic E-state index is -0.460. The highest BCUT2D eigenvalue weighted by Crippen LogP contribution is 2.22. The minimum Gasteiger partial charge on any atom is -0.383 e. The van der Waals surface area contributed by atoms with Crippen LogP contribution in [0.5, 0.6) is 0 Å². The average molecular weight is 256 g/mol. The van der Waals surface area contributed by atoms with Gasteiger partial charge in [-0.25, -0.2) is 4.98 Å². The molecule has 0 aliphatic carbocycles. The molecule has 0 saturated heterocycles. The molecule has 92 valence electrons. The van der Waals surface area contributed by atoms with Crippen LogP contribution >= 0.6 is 11.6 Å². The Morgan fingerprint density at radius 3 is 2.88 bits per heavy atom. The Morgan fingerprint density at radius 1 is 1.71 bits per heavy atom. The Labute approximate surface area is 105 Å². The van der Waals surface area contributed by atoms with Crippen molar-refractivity contribution >= 4 is 11.6 Å². The van der Waals surface area contributed by atoms with E-state index in [1.807, 2.05) is 19.9 Å². The van der Waals surface area contributed by atoms with Gasteiger partial charge in [0, 0.05) is 18.7 Å². The predicted octanol–water partition coefficient (Wildman–Crippen LogP) is 2.57. The van der Waals surface area contributed by atoms with Crippen LogP contribution in [0, 0.1) is 10.1 Å². The predicted molar refractivity (Wildman–Crippen MR) is 66.4 cm³/mol. The maximum atomic E-state index is 10.5. The smallest absolute Gasteiger partial charge is 0.253 e. The number of aromatic nitrogens is 1. The van der Waals surface area contributed by atoms with E-state index in [0.29, 0.717) is 17.4 Å². The Balaban J connectivity index is 2.95. The van der Waals surface area contributed by atoms with Crippen molar-refractivity contribution in [2.24, 2.45) is 0 Å². The van der Waals surface area contributed by atoms with Gasteiger partial charge < -0.3 is 5.32 Å². The van der Waals surface area contributed by atoms with Crippen LogP contribution in [0.25, 0.3) is 0 Å². The Kier molecular flexibility index (Phi) is 4.90. The maximum Gasteiger partial charge on any atom is 0.253 e. The molecule has 1 heterocycles. The third kappa shape index (κ3) is 4.03. The SMILES string of the molecule is CCN/C(=C\[N+](=O)[O-])C(C)c1ccc(Cl)nc1. The molecule has 17 heavy (non-hydrogen) atoms. The molecule has 0 bridgehead atoms. The van der Waals surface area contributed by atoms with Gasteiger partial charge in [-0.15, -0.1) is 0 Å². The molecule has 1 aromatic rings. The number of nitro groups is 1. The molecule has 1 N–H and O–H groups in total. The molecule has 0 aliphatic rings. The first-order valence-corrected chi connectivity index (χ1v) is 5.63. The Bertz CT molecular complexity index is 417. The molecule has 0 aromatic carbocycles. The van der Waals surface area contributed by atoms with E-state index in [2.05, 4.69) is 10.3 Å². The number of likely N-dealkylation sites (N-methyl/N-ethyl adjacent to an activating group) is 1. The van der Waals surface area contributed by atoms with Crippen molar-refractivity contribution < 1.29 is 4.92 Å². The van der Waals surface area contributed by atoms with Crippen LogP contribution in [0.1, 0.15) is 25.3 Å². The lowest BCUT2D eigenvalue weighted by molar-refractivity contribution is -0.404. The summed E-state index contributed by atoms with van der Waals surface area (Å²) in [6, 6.07) is 3.48. The summed E-state index contributed by atoms with van der Waals surface area (Å²) in [7, 11) is 0. The Hall–Kier alpha value is -1.62. The lowest BCUT2D eigenvalue weighted by atomic mass is 10.00. The topological polar surface area (TPSA) is 68.1 Å². The van der Waals surface area contributed by atoms with Crippen LogP contribution in [0.15, 0.2) is 30.2 Å². The molecule has 1 aromatic heterocycles. The first-order chi connectivity index (χ1) is 8.04. The van der Waals surface area contributed by atoms with Crippen molar-refractivity contribution in [3.63, 3.8) is 0 Å². The van der Waals surface area contributed by atoms with Crippen molar-refractivity contribution in [1.29, 1.82) is 0 Å². The molecule has 0 saturated carbocycles. The number of allylic oxidation sites excluding steroid dienone is 1. The van der Waals surface area contributed by atoms with E-state index in [-0.39, 0.29) is 5.92 Å². The van der Waals surface area contributed by atoms with Gasteiger partial charge in [-0.2, -0.15) is 0 Å². The van der Waals surface area contributed by atoms with E-state index >= 15 is 0 Å². The van der Waals surface area contributed by atoms with E-state index < -0.39 is 4.92 Å². The third-order valence-electron chi connectivity index (χ3n) is 2.34. The standard InChI is InChI=1S/C11H14ClN3O2/c1-3-13-10(7-15(16)17)8(2)9-4-5-11(12)14-6-9/h4-8,13H,3H2,1-2H3/b10-7-. The quantitative estimate of drug-likeness (QED) is 0.499. The molecule has 1 rings (SSSR count).